The van der Waals surface area contributed by atoms with E-state index in [1.54, 1.807) is 0 Å². The standard InChI is InChI=1S/C13H22N2O/c1-15(10-4-9-14)11-12-5-8-13(16-12)6-2-3-7-13/h12H,2-8,10-11H2,1H3. The van der Waals surface area contributed by atoms with E-state index in [0.717, 1.165) is 13.1 Å². The average molecular weight is 222 g/mol. The topological polar surface area (TPSA) is 36.3 Å². The predicted molar refractivity (Wildman–Crippen MR) is 63.0 cm³/mol. The number of nitrogens with zero attached hydrogens (tertiary/aromatic N) is 2. The van der Waals surface area contributed by atoms with E-state index < -0.39 is 0 Å². The molecule has 2 fully saturated rings. The van der Waals surface area contributed by atoms with Gasteiger partial charge in [-0.2, -0.15) is 5.26 Å². The van der Waals surface area contributed by atoms with Crippen molar-refractivity contribution >= 4 is 0 Å². The molecular weight excluding hydrogens is 200 g/mol. The van der Waals surface area contributed by atoms with Gasteiger partial charge in [-0.05, 0) is 32.7 Å². The van der Waals surface area contributed by atoms with Crippen LogP contribution in [0.5, 0.6) is 0 Å². The summed E-state index contributed by atoms with van der Waals surface area (Å²) in [6, 6.07) is 2.19. The summed E-state index contributed by atoms with van der Waals surface area (Å²) in [4.78, 5) is 2.22. The van der Waals surface area contributed by atoms with Crippen LogP contribution < -0.4 is 0 Å². The van der Waals surface area contributed by atoms with Crippen LogP contribution in [0.3, 0.4) is 0 Å². The molecule has 1 saturated carbocycles. The zero-order valence-electron chi connectivity index (χ0n) is 10.2. The van der Waals surface area contributed by atoms with E-state index in [1.165, 1.54) is 38.5 Å². The molecule has 0 amide bonds. The van der Waals surface area contributed by atoms with Gasteiger partial charge in [-0.15, -0.1) is 0 Å². The number of hydrogen-bond donors (Lipinski definition) is 0. The van der Waals surface area contributed by atoms with Crippen LogP contribution in [0.15, 0.2) is 0 Å². The maximum Gasteiger partial charge on any atom is 0.0710 e. The van der Waals surface area contributed by atoms with Crippen LogP contribution >= 0.6 is 0 Å². The van der Waals surface area contributed by atoms with Crippen LogP contribution in [0, 0.1) is 11.3 Å². The Morgan fingerprint density at radius 1 is 1.38 bits per heavy atom. The molecule has 0 aromatic heterocycles. The van der Waals surface area contributed by atoms with Crippen molar-refractivity contribution in [3.63, 3.8) is 0 Å². The summed E-state index contributed by atoms with van der Waals surface area (Å²) in [5.74, 6) is 0. The molecule has 0 aromatic rings. The van der Waals surface area contributed by atoms with Crippen LogP contribution in [-0.2, 0) is 4.74 Å². The molecule has 0 radical (unpaired) electrons. The third-order valence-electron chi connectivity index (χ3n) is 3.97. The summed E-state index contributed by atoms with van der Waals surface area (Å²) < 4.78 is 6.24. The second-order valence-corrected chi connectivity index (χ2v) is 5.34. The van der Waals surface area contributed by atoms with Crippen LogP contribution in [-0.4, -0.2) is 36.7 Å². The van der Waals surface area contributed by atoms with E-state index >= 15 is 0 Å². The van der Waals surface area contributed by atoms with Crippen molar-refractivity contribution < 1.29 is 4.74 Å². The maximum atomic E-state index is 8.54. The molecule has 3 heteroatoms. The SMILES string of the molecule is CN(CCC#N)CC1CCC2(CCCC2)O1. The third kappa shape index (κ3) is 2.75. The van der Waals surface area contributed by atoms with Crippen LogP contribution in [0.4, 0.5) is 0 Å². The molecule has 90 valence electrons. The highest BCUT2D eigenvalue weighted by Gasteiger charge is 2.42. The molecule has 1 aliphatic heterocycles. The smallest absolute Gasteiger partial charge is 0.0710 e. The zero-order valence-corrected chi connectivity index (χ0v) is 10.2. The second kappa shape index (κ2) is 5.16. The van der Waals surface area contributed by atoms with Gasteiger partial charge < -0.3 is 9.64 Å². The number of nitriles is 1. The van der Waals surface area contributed by atoms with Crippen molar-refractivity contribution in [3.8, 4) is 6.07 Å². The molecule has 0 N–H and O–H groups in total. The summed E-state index contributed by atoms with van der Waals surface area (Å²) in [7, 11) is 2.08. The maximum absolute atomic E-state index is 8.54. The molecule has 1 saturated heterocycles. The summed E-state index contributed by atoms with van der Waals surface area (Å²) in [6.45, 7) is 1.85. The van der Waals surface area contributed by atoms with Gasteiger partial charge in [-0.3, -0.25) is 0 Å². The molecule has 0 aromatic carbocycles. The summed E-state index contributed by atoms with van der Waals surface area (Å²) >= 11 is 0. The minimum absolute atomic E-state index is 0.251. The summed E-state index contributed by atoms with van der Waals surface area (Å²) in [5.41, 5.74) is 0.251. The van der Waals surface area contributed by atoms with Gasteiger partial charge in [0, 0.05) is 19.5 Å². The van der Waals surface area contributed by atoms with E-state index in [9.17, 15) is 0 Å². The summed E-state index contributed by atoms with van der Waals surface area (Å²) in [5, 5.41) is 8.54. The largest absolute Gasteiger partial charge is 0.370 e. The lowest BCUT2D eigenvalue weighted by Gasteiger charge is -2.25. The Morgan fingerprint density at radius 3 is 2.81 bits per heavy atom. The van der Waals surface area contributed by atoms with Gasteiger partial charge in [0.05, 0.1) is 17.8 Å². The highest BCUT2D eigenvalue weighted by Crippen LogP contribution is 2.43. The first-order valence-corrected chi connectivity index (χ1v) is 6.47. The quantitative estimate of drug-likeness (QED) is 0.732. The monoisotopic (exact) mass is 222 g/mol. The van der Waals surface area contributed by atoms with Crippen molar-refractivity contribution in [3.05, 3.63) is 0 Å². The van der Waals surface area contributed by atoms with E-state index in [2.05, 4.69) is 18.0 Å². The number of hydrogen-bond acceptors (Lipinski definition) is 3. The van der Waals surface area contributed by atoms with Gasteiger partial charge in [0.1, 0.15) is 0 Å². The van der Waals surface area contributed by atoms with Crippen LogP contribution in [0.25, 0.3) is 0 Å². The Balaban J connectivity index is 1.74. The molecule has 1 unspecified atom stereocenters. The van der Waals surface area contributed by atoms with E-state index in [1.807, 2.05) is 0 Å². The van der Waals surface area contributed by atoms with Gasteiger partial charge >= 0.3 is 0 Å². The fourth-order valence-corrected chi connectivity index (χ4v) is 3.09. The Labute approximate surface area is 98.4 Å². The lowest BCUT2D eigenvalue weighted by Crippen LogP contribution is -2.32. The fourth-order valence-electron chi connectivity index (χ4n) is 3.09. The molecule has 1 atom stereocenters. The van der Waals surface area contributed by atoms with Crippen molar-refractivity contribution in [2.24, 2.45) is 0 Å². The van der Waals surface area contributed by atoms with Gasteiger partial charge in [0.15, 0.2) is 0 Å². The number of likely N-dealkylation sites (N-methyl/N-ethyl adjacent to an activating group) is 1. The van der Waals surface area contributed by atoms with Crippen molar-refractivity contribution in [2.45, 2.75) is 56.7 Å². The lowest BCUT2D eigenvalue weighted by molar-refractivity contribution is -0.0449. The molecule has 2 rings (SSSR count). The van der Waals surface area contributed by atoms with E-state index in [-0.39, 0.29) is 5.60 Å². The fraction of sp³-hybridized carbons (Fsp3) is 0.923. The molecule has 1 spiro atoms. The van der Waals surface area contributed by atoms with Gasteiger partial charge in [-0.1, -0.05) is 12.8 Å². The van der Waals surface area contributed by atoms with E-state index in [0.29, 0.717) is 12.5 Å². The molecular formula is C13H22N2O. The molecule has 2 aliphatic rings. The second-order valence-electron chi connectivity index (χ2n) is 5.34. The van der Waals surface area contributed by atoms with Crippen molar-refractivity contribution in [1.29, 1.82) is 5.26 Å². The highest BCUT2D eigenvalue weighted by atomic mass is 16.5. The molecule has 1 heterocycles. The molecule has 16 heavy (non-hydrogen) atoms. The van der Waals surface area contributed by atoms with Crippen molar-refractivity contribution in [2.75, 3.05) is 20.1 Å². The Hall–Kier alpha value is -0.590. The van der Waals surface area contributed by atoms with E-state index in [4.69, 9.17) is 10.00 Å². The Kier molecular flexibility index (Phi) is 3.83. The number of rotatable bonds is 4. The number of ether oxygens (including phenoxy) is 1. The summed E-state index contributed by atoms with van der Waals surface area (Å²) in [6.07, 6.45) is 8.71. The first-order valence-electron chi connectivity index (χ1n) is 6.47. The van der Waals surface area contributed by atoms with Crippen LogP contribution in [0.1, 0.15) is 44.9 Å². The highest BCUT2D eigenvalue weighted by molar-refractivity contribution is 4.93. The third-order valence-corrected chi connectivity index (χ3v) is 3.97. The lowest BCUT2D eigenvalue weighted by atomic mass is 9.98. The first-order chi connectivity index (χ1) is 7.74. The van der Waals surface area contributed by atoms with Crippen LogP contribution in [0.2, 0.25) is 0 Å². The molecule has 0 bridgehead atoms. The van der Waals surface area contributed by atoms with Gasteiger partial charge in [-0.25, -0.2) is 0 Å². The van der Waals surface area contributed by atoms with Crippen molar-refractivity contribution in [1.82, 2.24) is 4.90 Å². The first kappa shape index (κ1) is 11.9. The molecule has 1 aliphatic carbocycles. The molecule has 3 nitrogen and oxygen atoms in total. The Morgan fingerprint density at radius 2 is 2.12 bits per heavy atom. The normalized spacial score (nSPS) is 27.7. The Bertz CT molecular complexity index is 266. The van der Waals surface area contributed by atoms with Gasteiger partial charge in [0.2, 0.25) is 0 Å². The average Bonchev–Trinajstić information content (AvgIpc) is 2.87. The minimum Gasteiger partial charge on any atom is -0.370 e. The zero-order chi connectivity index (χ0) is 11.4. The van der Waals surface area contributed by atoms with Gasteiger partial charge in [0.25, 0.3) is 0 Å². The predicted octanol–water partition coefficient (Wildman–Crippen LogP) is 2.32. The minimum atomic E-state index is 0.251.